The van der Waals surface area contributed by atoms with Crippen LogP contribution < -0.4 is 14.8 Å². The van der Waals surface area contributed by atoms with Crippen LogP contribution in [0.5, 0.6) is 11.5 Å². The number of carbonyl (C=O) groups excluding carboxylic acids is 1. The molecule has 0 aliphatic rings. The van der Waals surface area contributed by atoms with E-state index in [1.165, 1.54) is 0 Å². The standard InChI is InChI=1S/C23H26N2O3/c1-5-6-12-28-21-11-10-18(14-22(21)27-4)13-19(15-24)23(26)25-20-9-7-8-16(2)17(20)3/h7-11,13-14H,5-6,12H2,1-4H3,(H,25,26)/b19-13-. The molecule has 0 aliphatic carbocycles. The maximum Gasteiger partial charge on any atom is 0.266 e. The Morgan fingerprint density at radius 1 is 1.21 bits per heavy atom. The fraction of sp³-hybridized carbons (Fsp3) is 0.304. The first-order valence-electron chi connectivity index (χ1n) is 9.30. The van der Waals surface area contributed by atoms with Crippen LogP contribution in [0.2, 0.25) is 0 Å². The van der Waals surface area contributed by atoms with Crippen LogP contribution in [0, 0.1) is 25.2 Å². The van der Waals surface area contributed by atoms with Gasteiger partial charge in [0.25, 0.3) is 5.91 Å². The van der Waals surface area contributed by atoms with Crippen LogP contribution in [0.3, 0.4) is 0 Å². The molecule has 0 radical (unpaired) electrons. The average molecular weight is 378 g/mol. The third-order valence-corrected chi connectivity index (χ3v) is 4.47. The second-order valence-electron chi connectivity index (χ2n) is 6.48. The maximum atomic E-state index is 12.5. The Hall–Kier alpha value is -3.26. The molecule has 5 heteroatoms. The fourth-order valence-electron chi connectivity index (χ4n) is 2.61. The van der Waals surface area contributed by atoms with Crippen LogP contribution >= 0.6 is 0 Å². The number of nitrogens with one attached hydrogen (secondary N) is 1. The second kappa shape index (κ2) is 10.2. The summed E-state index contributed by atoms with van der Waals surface area (Å²) in [6, 6.07) is 13.0. The summed E-state index contributed by atoms with van der Waals surface area (Å²) < 4.78 is 11.1. The van der Waals surface area contributed by atoms with E-state index in [0.717, 1.165) is 24.0 Å². The third kappa shape index (κ3) is 5.37. The topological polar surface area (TPSA) is 71.3 Å². The molecule has 5 nitrogen and oxygen atoms in total. The van der Waals surface area contributed by atoms with Gasteiger partial charge in [0.1, 0.15) is 11.6 Å². The molecule has 28 heavy (non-hydrogen) atoms. The van der Waals surface area contributed by atoms with E-state index in [4.69, 9.17) is 9.47 Å². The van der Waals surface area contributed by atoms with Gasteiger partial charge in [-0.3, -0.25) is 4.79 Å². The summed E-state index contributed by atoms with van der Waals surface area (Å²) in [4.78, 5) is 12.5. The zero-order valence-corrected chi connectivity index (χ0v) is 16.8. The molecule has 0 aromatic heterocycles. The highest BCUT2D eigenvalue weighted by Gasteiger charge is 2.12. The van der Waals surface area contributed by atoms with Crippen molar-refractivity contribution in [3.63, 3.8) is 0 Å². The Morgan fingerprint density at radius 3 is 2.68 bits per heavy atom. The van der Waals surface area contributed by atoms with E-state index in [0.29, 0.717) is 29.4 Å². The van der Waals surface area contributed by atoms with Crippen molar-refractivity contribution in [1.29, 1.82) is 5.26 Å². The van der Waals surface area contributed by atoms with E-state index >= 15 is 0 Å². The van der Waals surface area contributed by atoms with Crippen LogP contribution in [0.25, 0.3) is 6.08 Å². The van der Waals surface area contributed by atoms with Crippen LogP contribution in [-0.4, -0.2) is 19.6 Å². The van der Waals surface area contributed by atoms with Gasteiger partial charge >= 0.3 is 0 Å². The Labute approximate surface area is 166 Å². The molecule has 0 unspecified atom stereocenters. The average Bonchev–Trinajstić information content (AvgIpc) is 2.70. The van der Waals surface area contributed by atoms with Crippen molar-refractivity contribution in [3.8, 4) is 17.6 Å². The van der Waals surface area contributed by atoms with E-state index in [1.54, 1.807) is 31.4 Å². The number of carbonyl (C=O) groups is 1. The van der Waals surface area contributed by atoms with Crippen molar-refractivity contribution >= 4 is 17.7 Å². The molecule has 0 atom stereocenters. The molecule has 1 N–H and O–H groups in total. The van der Waals surface area contributed by atoms with E-state index in [2.05, 4.69) is 12.2 Å². The van der Waals surface area contributed by atoms with Crippen LogP contribution in [0.1, 0.15) is 36.5 Å². The van der Waals surface area contributed by atoms with E-state index in [-0.39, 0.29) is 5.57 Å². The number of hydrogen-bond acceptors (Lipinski definition) is 4. The molecule has 2 aromatic carbocycles. The highest BCUT2D eigenvalue weighted by molar-refractivity contribution is 6.10. The number of rotatable bonds is 8. The van der Waals surface area contributed by atoms with Crippen LogP contribution in [-0.2, 0) is 4.79 Å². The van der Waals surface area contributed by atoms with Crippen molar-refractivity contribution in [2.75, 3.05) is 19.0 Å². The smallest absolute Gasteiger partial charge is 0.266 e. The lowest BCUT2D eigenvalue weighted by Crippen LogP contribution is -2.14. The zero-order valence-electron chi connectivity index (χ0n) is 16.8. The molecule has 146 valence electrons. The summed E-state index contributed by atoms with van der Waals surface area (Å²) >= 11 is 0. The fourth-order valence-corrected chi connectivity index (χ4v) is 2.61. The quantitative estimate of drug-likeness (QED) is 0.397. The van der Waals surface area contributed by atoms with Gasteiger partial charge < -0.3 is 14.8 Å². The summed E-state index contributed by atoms with van der Waals surface area (Å²) in [7, 11) is 1.56. The summed E-state index contributed by atoms with van der Waals surface area (Å²) in [6.45, 7) is 6.62. The molecule has 1 amide bonds. The molecule has 2 rings (SSSR count). The van der Waals surface area contributed by atoms with Gasteiger partial charge in [-0.05, 0) is 61.2 Å². The van der Waals surface area contributed by atoms with Crippen molar-refractivity contribution in [3.05, 3.63) is 58.7 Å². The second-order valence-corrected chi connectivity index (χ2v) is 6.48. The Kier molecular flexibility index (Phi) is 7.65. The van der Waals surface area contributed by atoms with E-state index in [9.17, 15) is 10.1 Å². The highest BCUT2D eigenvalue weighted by Crippen LogP contribution is 2.29. The molecule has 0 heterocycles. The van der Waals surface area contributed by atoms with Gasteiger partial charge in [-0.2, -0.15) is 5.26 Å². The maximum absolute atomic E-state index is 12.5. The lowest BCUT2D eigenvalue weighted by atomic mass is 10.1. The van der Waals surface area contributed by atoms with Gasteiger partial charge in [0, 0.05) is 5.69 Å². The first kappa shape index (κ1) is 21.0. The Morgan fingerprint density at radius 2 is 2.00 bits per heavy atom. The van der Waals surface area contributed by atoms with Gasteiger partial charge in [-0.15, -0.1) is 0 Å². The number of anilines is 1. The summed E-state index contributed by atoms with van der Waals surface area (Å²) in [6.07, 6.45) is 3.55. The predicted molar refractivity (Wildman–Crippen MR) is 112 cm³/mol. The molecular weight excluding hydrogens is 352 g/mol. The Bertz CT molecular complexity index is 911. The largest absolute Gasteiger partial charge is 0.493 e. The number of methoxy groups -OCH3 is 1. The van der Waals surface area contributed by atoms with Crippen molar-refractivity contribution < 1.29 is 14.3 Å². The molecule has 0 fully saturated rings. The number of benzene rings is 2. The van der Waals surface area contributed by atoms with E-state index in [1.807, 2.05) is 38.1 Å². The van der Waals surface area contributed by atoms with E-state index < -0.39 is 5.91 Å². The van der Waals surface area contributed by atoms with Crippen molar-refractivity contribution in [2.45, 2.75) is 33.6 Å². The third-order valence-electron chi connectivity index (χ3n) is 4.47. The minimum Gasteiger partial charge on any atom is -0.493 e. The molecular formula is C23H26N2O3. The van der Waals surface area contributed by atoms with Gasteiger partial charge in [0.15, 0.2) is 11.5 Å². The first-order valence-corrected chi connectivity index (χ1v) is 9.30. The van der Waals surface area contributed by atoms with Crippen molar-refractivity contribution in [1.82, 2.24) is 0 Å². The lowest BCUT2D eigenvalue weighted by molar-refractivity contribution is -0.112. The molecule has 2 aromatic rings. The summed E-state index contributed by atoms with van der Waals surface area (Å²) in [5, 5.41) is 12.3. The summed E-state index contributed by atoms with van der Waals surface area (Å²) in [5.41, 5.74) is 3.45. The van der Waals surface area contributed by atoms with Crippen LogP contribution in [0.15, 0.2) is 42.0 Å². The Balaban J connectivity index is 2.22. The number of aryl methyl sites for hydroxylation is 1. The number of hydrogen-bond donors (Lipinski definition) is 1. The monoisotopic (exact) mass is 378 g/mol. The minimum absolute atomic E-state index is 0.0163. The highest BCUT2D eigenvalue weighted by atomic mass is 16.5. The van der Waals surface area contributed by atoms with Gasteiger partial charge in [0.05, 0.1) is 13.7 Å². The first-order chi connectivity index (χ1) is 13.5. The molecule has 0 bridgehead atoms. The van der Waals surface area contributed by atoms with Crippen molar-refractivity contribution in [2.24, 2.45) is 0 Å². The molecule has 0 aliphatic heterocycles. The number of ether oxygens (including phenoxy) is 2. The van der Waals surface area contributed by atoms with Crippen LogP contribution in [0.4, 0.5) is 5.69 Å². The number of nitriles is 1. The number of unbranched alkanes of at least 4 members (excludes halogenated alkanes) is 1. The zero-order chi connectivity index (χ0) is 20.5. The molecule has 0 saturated heterocycles. The SMILES string of the molecule is CCCCOc1ccc(/C=C(/C#N)C(=O)Nc2cccc(C)c2C)cc1OC. The van der Waals surface area contributed by atoms with Gasteiger partial charge in [-0.1, -0.05) is 31.5 Å². The normalized spacial score (nSPS) is 10.9. The number of amides is 1. The minimum atomic E-state index is -0.446. The number of nitrogens with zero attached hydrogens (tertiary/aromatic N) is 1. The molecule has 0 saturated carbocycles. The summed E-state index contributed by atoms with van der Waals surface area (Å²) in [5.74, 6) is 0.766. The van der Waals surface area contributed by atoms with Gasteiger partial charge in [-0.25, -0.2) is 0 Å². The van der Waals surface area contributed by atoms with Gasteiger partial charge in [0.2, 0.25) is 0 Å². The predicted octanol–water partition coefficient (Wildman–Crippen LogP) is 5.04. The lowest BCUT2D eigenvalue weighted by Gasteiger charge is -2.11. The molecule has 0 spiro atoms.